The van der Waals surface area contributed by atoms with Gasteiger partial charge in [-0.2, -0.15) is 0 Å². The van der Waals surface area contributed by atoms with Gasteiger partial charge in [-0.05, 0) is 24.8 Å². The first kappa shape index (κ1) is 17.9. The lowest BCUT2D eigenvalue weighted by Crippen LogP contribution is -2.58. The molecule has 1 amide bonds. The van der Waals surface area contributed by atoms with Crippen LogP contribution in [0.4, 0.5) is 0 Å². The Balaban J connectivity index is 1.53. The summed E-state index contributed by atoms with van der Waals surface area (Å²) in [5.74, 6) is 0.0427. The van der Waals surface area contributed by atoms with E-state index in [2.05, 4.69) is 0 Å². The number of carbonyl (C=O) groups is 2. The molecule has 0 radical (unpaired) electrons. The van der Waals surface area contributed by atoms with Crippen LogP contribution in [0.5, 0.6) is 0 Å². The highest BCUT2D eigenvalue weighted by Crippen LogP contribution is 2.41. The van der Waals surface area contributed by atoms with Gasteiger partial charge >= 0.3 is 0 Å². The molecule has 0 spiro atoms. The summed E-state index contributed by atoms with van der Waals surface area (Å²) in [6.45, 7) is 0. The van der Waals surface area contributed by atoms with E-state index in [1.807, 2.05) is 65.6 Å². The molecule has 3 atom stereocenters. The van der Waals surface area contributed by atoms with Gasteiger partial charge < -0.3 is 10.0 Å². The highest BCUT2D eigenvalue weighted by molar-refractivity contribution is 5.96. The van der Waals surface area contributed by atoms with Gasteiger partial charge in [0, 0.05) is 30.5 Å². The lowest BCUT2D eigenvalue weighted by atomic mass is 9.76. The number of carbonyl (C=O) groups excluding carboxylic acids is 2. The Morgan fingerprint density at radius 2 is 1.70 bits per heavy atom. The summed E-state index contributed by atoms with van der Waals surface area (Å²) in [5, 5.41) is 11.2. The molecule has 2 aliphatic rings. The lowest BCUT2D eigenvalue weighted by molar-refractivity contribution is -0.156. The Morgan fingerprint density at radius 3 is 2.41 bits per heavy atom. The zero-order valence-electron chi connectivity index (χ0n) is 15.4. The van der Waals surface area contributed by atoms with Crippen molar-refractivity contribution in [2.45, 2.75) is 56.2 Å². The first-order valence-corrected chi connectivity index (χ1v) is 9.74. The minimum Gasteiger partial charge on any atom is -0.385 e. The van der Waals surface area contributed by atoms with E-state index < -0.39 is 5.60 Å². The van der Waals surface area contributed by atoms with E-state index in [1.54, 1.807) is 0 Å². The number of amides is 1. The summed E-state index contributed by atoms with van der Waals surface area (Å²) in [6.07, 6.45) is 3.70. The number of rotatable bonds is 4. The molecule has 4 heteroatoms. The van der Waals surface area contributed by atoms with Gasteiger partial charge in [0.1, 0.15) is 5.60 Å². The number of nitrogens with zero attached hydrogens (tertiary/aromatic N) is 1. The summed E-state index contributed by atoms with van der Waals surface area (Å²) < 4.78 is 0. The van der Waals surface area contributed by atoms with Gasteiger partial charge in [-0.3, -0.25) is 9.59 Å². The van der Waals surface area contributed by atoms with Crippen LogP contribution in [-0.4, -0.2) is 33.8 Å². The molecule has 4 nitrogen and oxygen atoms in total. The molecular weight excluding hydrogens is 338 g/mol. The number of aliphatic hydroxyl groups is 1. The van der Waals surface area contributed by atoms with E-state index in [0.29, 0.717) is 18.4 Å². The van der Waals surface area contributed by atoms with Gasteiger partial charge in [0.05, 0.1) is 6.42 Å². The molecule has 2 aliphatic heterocycles. The summed E-state index contributed by atoms with van der Waals surface area (Å²) in [7, 11) is 0. The molecule has 2 aromatic carbocycles. The normalized spacial score (nSPS) is 27.9. The van der Waals surface area contributed by atoms with Crippen LogP contribution >= 0.6 is 0 Å². The van der Waals surface area contributed by atoms with Crippen molar-refractivity contribution in [1.82, 2.24) is 4.90 Å². The standard InChI is InChI=1S/C23H25NO3/c25-21(17-8-3-1-4-9-17)14-19-12-7-13-20-15-23(27,16-22(26)24(19)20)18-10-5-2-6-11-18/h1-6,8-11,19-20,27H,7,12-16H2/t19-,20+,23+/m1/s1. The minimum absolute atomic E-state index is 0.00113. The fourth-order valence-corrected chi connectivity index (χ4v) is 4.70. The number of piperidine rings is 2. The van der Waals surface area contributed by atoms with Crippen molar-refractivity contribution >= 4 is 11.7 Å². The fourth-order valence-electron chi connectivity index (χ4n) is 4.70. The van der Waals surface area contributed by atoms with Crippen LogP contribution in [0, 0.1) is 0 Å². The summed E-state index contributed by atoms with van der Waals surface area (Å²) in [6, 6.07) is 18.7. The summed E-state index contributed by atoms with van der Waals surface area (Å²) in [5.41, 5.74) is 0.399. The van der Waals surface area contributed by atoms with Gasteiger partial charge in [0.25, 0.3) is 0 Å². The van der Waals surface area contributed by atoms with Crippen LogP contribution in [0.1, 0.15) is 54.4 Å². The molecule has 0 aliphatic carbocycles. The number of benzene rings is 2. The smallest absolute Gasteiger partial charge is 0.226 e. The Bertz CT molecular complexity index is 820. The predicted octanol–water partition coefficient (Wildman–Crippen LogP) is 3.69. The summed E-state index contributed by atoms with van der Waals surface area (Å²) in [4.78, 5) is 27.6. The molecule has 140 valence electrons. The van der Waals surface area contributed by atoms with Crippen LogP contribution in [-0.2, 0) is 10.4 Å². The molecule has 2 aromatic rings. The van der Waals surface area contributed by atoms with Gasteiger partial charge in [0.2, 0.25) is 5.91 Å². The summed E-state index contributed by atoms with van der Waals surface area (Å²) >= 11 is 0. The molecule has 1 N–H and O–H groups in total. The Labute approximate surface area is 159 Å². The second kappa shape index (κ2) is 7.28. The second-order valence-electron chi connectivity index (χ2n) is 7.81. The molecular formula is C23H25NO3. The van der Waals surface area contributed by atoms with Crippen LogP contribution in [0.25, 0.3) is 0 Å². The van der Waals surface area contributed by atoms with Gasteiger partial charge in [-0.15, -0.1) is 0 Å². The van der Waals surface area contributed by atoms with Gasteiger partial charge in [-0.25, -0.2) is 0 Å². The first-order valence-electron chi connectivity index (χ1n) is 9.74. The molecule has 27 heavy (non-hydrogen) atoms. The maximum Gasteiger partial charge on any atom is 0.226 e. The topological polar surface area (TPSA) is 57.6 Å². The van der Waals surface area contributed by atoms with Crippen LogP contribution in [0.3, 0.4) is 0 Å². The van der Waals surface area contributed by atoms with Crippen molar-refractivity contribution in [1.29, 1.82) is 0 Å². The van der Waals surface area contributed by atoms with Crippen molar-refractivity contribution in [2.24, 2.45) is 0 Å². The highest BCUT2D eigenvalue weighted by Gasteiger charge is 2.47. The van der Waals surface area contributed by atoms with E-state index in [9.17, 15) is 14.7 Å². The monoisotopic (exact) mass is 363 g/mol. The number of Topliss-reactive ketones (excluding diaryl/α,β-unsaturated/α-hetero) is 1. The first-order chi connectivity index (χ1) is 13.1. The van der Waals surface area contributed by atoms with Crippen LogP contribution in [0.2, 0.25) is 0 Å². The second-order valence-corrected chi connectivity index (χ2v) is 7.81. The molecule has 0 saturated carbocycles. The van der Waals surface area contributed by atoms with Gasteiger partial charge in [0.15, 0.2) is 5.78 Å². The largest absolute Gasteiger partial charge is 0.385 e. The third kappa shape index (κ3) is 3.54. The van der Waals surface area contributed by atoms with E-state index in [1.165, 1.54) is 0 Å². The molecule has 0 unspecified atom stereocenters. The Morgan fingerprint density at radius 1 is 1.04 bits per heavy atom. The molecule has 2 heterocycles. The Kier molecular flexibility index (Phi) is 4.83. The third-order valence-corrected chi connectivity index (χ3v) is 5.99. The highest BCUT2D eigenvalue weighted by atomic mass is 16.3. The van der Waals surface area contributed by atoms with E-state index in [0.717, 1.165) is 24.8 Å². The fraction of sp³-hybridized carbons (Fsp3) is 0.391. The molecule has 2 saturated heterocycles. The lowest BCUT2D eigenvalue weighted by Gasteiger charge is -2.49. The zero-order valence-corrected chi connectivity index (χ0v) is 15.4. The Hall–Kier alpha value is -2.46. The van der Waals surface area contributed by atoms with Crippen molar-refractivity contribution in [3.63, 3.8) is 0 Å². The van der Waals surface area contributed by atoms with Crippen molar-refractivity contribution in [3.05, 3.63) is 71.8 Å². The number of hydrogen-bond acceptors (Lipinski definition) is 3. The SMILES string of the molecule is O=C(C[C@H]1CCC[C@H]2C[C@@](O)(c3ccccc3)CC(=O)N12)c1ccccc1. The number of hydrogen-bond donors (Lipinski definition) is 1. The van der Waals surface area contributed by atoms with E-state index >= 15 is 0 Å². The zero-order chi connectivity index (χ0) is 18.9. The third-order valence-electron chi connectivity index (χ3n) is 5.99. The quantitative estimate of drug-likeness (QED) is 0.843. The maximum absolute atomic E-state index is 13.0. The molecule has 2 fully saturated rings. The van der Waals surface area contributed by atoms with Gasteiger partial charge in [-0.1, -0.05) is 60.7 Å². The number of fused-ring (bicyclic) bond motifs is 1. The van der Waals surface area contributed by atoms with Crippen molar-refractivity contribution < 1.29 is 14.7 Å². The average Bonchev–Trinajstić information content (AvgIpc) is 2.69. The average molecular weight is 363 g/mol. The molecule has 4 rings (SSSR count). The van der Waals surface area contributed by atoms with E-state index in [4.69, 9.17) is 0 Å². The minimum atomic E-state index is -1.11. The molecule has 0 bridgehead atoms. The van der Waals surface area contributed by atoms with Crippen LogP contribution in [0.15, 0.2) is 60.7 Å². The van der Waals surface area contributed by atoms with Crippen molar-refractivity contribution in [2.75, 3.05) is 0 Å². The van der Waals surface area contributed by atoms with Crippen LogP contribution < -0.4 is 0 Å². The van der Waals surface area contributed by atoms with Crippen molar-refractivity contribution in [3.8, 4) is 0 Å². The van der Waals surface area contributed by atoms with E-state index in [-0.39, 0.29) is 30.2 Å². The maximum atomic E-state index is 13.0. The number of ketones is 1. The molecule has 0 aromatic heterocycles. The predicted molar refractivity (Wildman–Crippen MR) is 103 cm³/mol.